The number of rotatable bonds is 7. The Morgan fingerprint density at radius 3 is 2.53 bits per heavy atom. The van der Waals surface area contributed by atoms with E-state index in [1.165, 1.54) is 45.0 Å². The van der Waals surface area contributed by atoms with E-state index in [0.717, 1.165) is 25.4 Å². The van der Waals surface area contributed by atoms with Gasteiger partial charge in [0.25, 0.3) is 0 Å². The van der Waals surface area contributed by atoms with Gasteiger partial charge in [0.1, 0.15) is 0 Å². The minimum absolute atomic E-state index is 0.510. The summed E-state index contributed by atoms with van der Waals surface area (Å²) >= 11 is 0. The van der Waals surface area contributed by atoms with Crippen LogP contribution in [0.2, 0.25) is 0 Å². The third-order valence-corrected chi connectivity index (χ3v) is 3.02. The van der Waals surface area contributed by atoms with Crippen molar-refractivity contribution in [3.05, 3.63) is 0 Å². The van der Waals surface area contributed by atoms with Crippen LogP contribution in [0, 0.1) is 0 Å². The van der Waals surface area contributed by atoms with Gasteiger partial charge in [0.05, 0.1) is 6.61 Å². The van der Waals surface area contributed by atoms with Gasteiger partial charge in [-0.1, -0.05) is 25.7 Å². The van der Waals surface area contributed by atoms with Crippen LogP contribution in [-0.4, -0.2) is 25.7 Å². The molecule has 1 aliphatic rings. The lowest BCUT2D eigenvalue weighted by molar-refractivity contribution is 0.268. The molecule has 0 heterocycles. The molecule has 0 amide bonds. The lowest BCUT2D eigenvalue weighted by Crippen LogP contribution is -2.29. The molecule has 0 aromatic heterocycles. The number of hydrogen-bond acceptors (Lipinski definition) is 3. The molecule has 0 unspecified atom stereocenters. The Kier molecular flexibility index (Phi) is 7.26. The summed E-state index contributed by atoms with van der Waals surface area (Å²) in [7, 11) is 0. The molecule has 87 valence electrons. The Balaban J connectivity index is 1.91. The summed E-state index contributed by atoms with van der Waals surface area (Å²) in [6.45, 7) is 3.00. The summed E-state index contributed by atoms with van der Waals surface area (Å²) < 4.78 is 4.51. The molecule has 1 rings (SSSR count). The van der Waals surface area contributed by atoms with Gasteiger partial charge >= 0.3 is 6.47 Å². The van der Waals surface area contributed by atoms with Crippen LogP contribution in [-0.2, 0) is 9.53 Å². The molecule has 15 heavy (non-hydrogen) atoms. The maximum Gasteiger partial charge on any atom is 0.417 e. The van der Waals surface area contributed by atoms with Gasteiger partial charge in [-0.3, -0.25) is 0 Å². The van der Waals surface area contributed by atoms with Gasteiger partial charge in [0, 0.05) is 6.04 Å². The average molecular weight is 212 g/mol. The van der Waals surface area contributed by atoms with E-state index in [0.29, 0.717) is 6.61 Å². The van der Waals surface area contributed by atoms with E-state index >= 15 is 0 Å². The summed E-state index contributed by atoms with van der Waals surface area (Å²) in [5.74, 6) is 0. The number of carbonyl (C=O) groups excluding carboxylic acids is 1. The third-order valence-electron chi connectivity index (χ3n) is 3.02. The fourth-order valence-corrected chi connectivity index (χ4v) is 2.13. The van der Waals surface area contributed by atoms with Gasteiger partial charge in [0.15, 0.2) is 0 Å². The van der Waals surface area contributed by atoms with E-state index in [4.69, 9.17) is 0 Å². The normalized spacial score (nSPS) is 18.4. The van der Waals surface area contributed by atoms with Crippen molar-refractivity contribution in [1.29, 1.82) is 0 Å². The molecule has 0 aromatic carbocycles. The zero-order valence-corrected chi connectivity index (χ0v) is 9.46. The van der Waals surface area contributed by atoms with Crippen molar-refractivity contribution in [2.75, 3.05) is 13.2 Å². The van der Waals surface area contributed by atoms with E-state index in [-0.39, 0.29) is 0 Å². The smallest absolute Gasteiger partial charge is 0.417 e. The van der Waals surface area contributed by atoms with Crippen LogP contribution in [0.5, 0.6) is 0 Å². The van der Waals surface area contributed by atoms with Gasteiger partial charge in [0.2, 0.25) is 0 Å². The van der Waals surface area contributed by atoms with Crippen molar-refractivity contribution in [2.24, 2.45) is 0 Å². The fraction of sp³-hybridized carbons (Fsp3) is 0.917. The van der Waals surface area contributed by atoms with Crippen molar-refractivity contribution in [3.8, 4) is 0 Å². The second-order valence-corrected chi connectivity index (χ2v) is 4.28. The maximum atomic E-state index is 9.76. The maximum absolute atomic E-state index is 9.76. The average Bonchev–Trinajstić information content (AvgIpc) is 2.52. The van der Waals surface area contributed by atoms with Crippen molar-refractivity contribution < 1.29 is 9.53 Å². The SMILES string of the molecule is O=[C]OCCCCNC1CCCCCC1. The largest absolute Gasteiger partial charge is 0.457 e. The molecule has 3 heteroatoms. The summed E-state index contributed by atoms with van der Waals surface area (Å²) in [4.78, 5) is 9.76. The predicted octanol–water partition coefficient (Wildman–Crippen LogP) is 2.16. The summed E-state index contributed by atoms with van der Waals surface area (Å²) in [5, 5.41) is 3.58. The Labute approximate surface area is 92.6 Å². The molecule has 1 radical (unpaired) electrons. The molecule has 1 fully saturated rings. The van der Waals surface area contributed by atoms with E-state index in [2.05, 4.69) is 10.1 Å². The Bertz CT molecular complexity index is 154. The Hall–Kier alpha value is -0.570. The highest BCUT2D eigenvalue weighted by molar-refractivity contribution is 5.37. The lowest BCUT2D eigenvalue weighted by Gasteiger charge is -2.15. The molecular formula is C12H22NO2. The first-order valence-electron chi connectivity index (χ1n) is 6.16. The molecule has 0 aliphatic heterocycles. The van der Waals surface area contributed by atoms with Crippen LogP contribution >= 0.6 is 0 Å². The Morgan fingerprint density at radius 1 is 1.13 bits per heavy atom. The second-order valence-electron chi connectivity index (χ2n) is 4.28. The number of hydrogen-bond donors (Lipinski definition) is 1. The zero-order chi connectivity index (χ0) is 10.8. The van der Waals surface area contributed by atoms with Crippen molar-refractivity contribution in [2.45, 2.75) is 57.4 Å². The molecule has 0 atom stereocenters. The molecule has 3 nitrogen and oxygen atoms in total. The predicted molar refractivity (Wildman–Crippen MR) is 60.4 cm³/mol. The van der Waals surface area contributed by atoms with E-state index in [9.17, 15) is 4.79 Å². The van der Waals surface area contributed by atoms with Crippen LogP contribution in [0.15, 0.2) is 0 Å². The minimum atomic E-state index is 0.510. The highest BCUT2D eigenvalue weighted by Gasteiger charge is 2.10. The number of unbranched alkanes of at least 4 members (excludes halogenated alkanes) is 1. The first-order valence-corrected chi connectivity index (χ1v) is 6.16. The molecule has 0 spiro atoms. The first kappa shape index (κ1) is 12.5. The van der Waals surface area contributed by atoms with Crippen molar-refractivity contribution in [3.63, 3.8) is 0 Å². The van der Waals surface area contributed by atoms with Crippen LogP contribution in [0.4, 0.5) is 0 Å². The molecule has 0 saturated heterocycles. The van der Waals surface area contributed by atoms with Crippen LogP contribution in [0.3, 0.4) is 0 Å². The second kappa shape index (κ2) is 8.72. The van der Waals surface area contributed by atoms with Crippen LogP contribution in [0.25, 0.3) is 0 Å². The summed E-state index contributed by atoms with van der Waals surface area (Å²) in [6, 6.07) is 0.728. The topological polar surface area (TPSA) is 38.3 Å². The van der Waals surface area contributed by atoms with Gasteiger partial charge < -0.3 is 10.1 Å². The molecule has 1 saturated carbocycles. The van der Waals surface area contributed by atoms with Crippen LogP contribution < -0.4 is 5.32 Å². The Morgan fingerprint density at radius 2 is 1.87 bits per heavy atom. The fourth-order valence-electron chi connectivity index (χ4n) is 2.13. The van der Waals surface area contributed by atoms with E-state index < -0.39 is 0 Å². The molecule has 1 aliphatic carbocycles. The van der Waals surface area contributed by atoms with Crippen molar-refractivity contribution >= 4 is 6.47 Å². The quantitative estimate of drug-likeness (QED) is 0.519. The van der Waals surface area contributed by atoms with Gasteiger partial charge in [-0.2, -0.15) is 0 Å². The monoisotopic (exact) mass is 212 g/mol. The molecule has 0 bridgehead atoms. The molecule has 1 N–H and O–H groups in total. The van der Waals surface area contributed by atoms with Crippen molar-refractivity contribution in [1.82, 2.24) is 5.32 Å². The number of nitrogens with one attached hydrogen (secondary N) is 1. The van der Waals surface area contributed by atoms with Gasteiger partial charge in [-0.25, -0.2) is 4.79 Å². The molecule has 0 aromatic rings. The molecular weight excluding hydrogens is 190 g/mol. The summed E-state index contributed by atoms with van der Waals surface area (Å²) in [6.07, 6.45) is 10.2. The number of ether oxygens (including phenoxy) is 1. The first-order chi connectivity index (χ1) is 7.43. The van der Waals surface area contributed by atoms with Crippen LogP contribution in [0.1, 0.15) is 51.4 Å². The summed E-state index contributed by atoms with van der Waals surface area (Å²) in [5.41, 5.74) is 0. The zero-order valence-electron chi connectivity index (χ0n) is 9.46. The standard InChI is InChI=1S/C12H22NO2/c14-11-15-10-6-5-9-13-12-7-3-1-2-4-8-12/h12-13H,1-10H2. The highest BCUT2D eigenvalue weighted by atomic mass is 16.5. The van der Waals surface area contributed by atoms with Gasteiger partial charge in [-0.05, 0) is 32.2 Å². The highest BCUT2D eigenvalue weighted by Crippen LogP contribution is 2.16. The van der Waals surface area contributed by atoms with E-state index in [1.807, 2.05) is 0 Å². The lowest BCUT2D eigenvalue weighted by atomic mass is 10.1. The van der Waals surface area contributed by atoms with Gasteiger partial charge in [-0.15, -0.1) is 0 Å². The minimum Gasteiger partial charge on any atom is -0.457 e. The third kappa shape index (κ3) is 6.50. The van der Waals surface area contributed by atoms with E-state index in [1.54, 1.807) is 0 Å².